The van der Waals surface area contributed by atoms with Crippen molar-refractivity contribution >= 4 is 40.9 Å². The van der Waals surface area contributed by atoms with Gasteiger partial charge in [-0.05, 0) is 44.9 Å². The van der Waals surface area contributed by atoms with E-state index in [0.29, 0.717) is 23.0 Å². The molecule has 6 atom stereocenters. The Kier molecular flexibility index (Phi) is 5.07. The molecule has 4 aliphatic rings. The molecule has 170 valence electrons. The average molecular weight is 479 g/mol. The lowest BCUT2D eigenvalue weighted by atomic mass is 9.74. The summed E-state index contributed by atoms with van der Waals surface area (Å²) in [5.41, 5.74) is 0.157. The molecule has 2 unspecified atom stereocenters. The topological polar surface area (TPSA) is 77.4 Å². The van der Waals surface area contributed by atoms with Crippen LogP contribution in [0, 0.1) is 5.92 Å². The largest absolute Gasteiger partial charge is 0.453 e. The molecule has 5 rings (SSSR count). The minimum absolute atomic E-state index is 0.0722. The molecule has 0 amide bonds. The highest BCUT2D eigenvalue weighted by Crippen LogP contribution is 2.58. The third-order valence-corrected chi connectivity index (χ3v) is 7.35. The Morgan fingerprint density at radius 3 is 2.59 bits per heavy atom. The molecule has 3 saturated heterocycles. The van der Waals surface area contributed by atoms with E-state index in [0.717, 1.165) is 29.8 Å². The van der Waals surface area contributed by atoms with Crippen molar-refractivity contribution in [3.63, 3.8) is 0 Å². The van der Waals surface area contributed by atoms with Gasteiger partial charge in [-0.3, -0.25) is 4.90 Å². The number of hydrogen-bond acceptors (Lipinski definition) is 7. The third-order valence-electron chi connectivity index (χ3n) is 6.62. The average Bonchev–Trinajstić information content (AvgIpc) is 3.17. The molecule has 7 nitrogen and oxygen atoms in total. The summed E-state index contributed by atoms with van der Waals surface area (Å²) in [4.78, 5) is 33.0. The number of carbonyl (C=O) groups is 2. The first-order chi connectivity index (χ1) is 15.1. The van der Waals surface area contributed by atoms with Gasteiger partial charge in [0, 0.05) is 43.0 Å². The van der Waals surface area contributed by atoms with Crippen LogP contribution in [0.15, 0.2) is 35.5 Å². The molecule has 1 aromatic rings. The molecule has 4 bridgehead atoms. The lowest BCUT2D eigenvalue weighted by Gasteiger charge is -2.49. The second-order valence-corrected chi connectivity index (χ2v) is 10.5. The van der Waals surface area contributed by atoms with Crippen molar-refractivity contribution in [2.75, 3.05) is 6.54 Å². The van der Waals surface area contributed by atoms with Gasteiger partial charge in [0.25, 0.3) is 0 Å². The van der Waals surface area contributed by atoms with Crippen molar-refractivity contribution in [2.24, 2.45) is 11.1 Å². The number of halogens is 2. The monoisotopic (exact) mass is 478 g/mol. The van der Waals surface area contributed by atoms with E-state index in [2.05, 4.69) is 10.1 Å². The fraction of sp³-hybridized carbons (Fsp3) is 0.522. The summed E-state index contributed by atoms with van der Waals surface area (Å²) in [6.07, 6.45) is 2.84. The van der Waals surface area contributed by atoms with E-state index in [9.17, 15) is 9.59 Å². The maximum Gasteiger partial charge on any atom is 0.332 e. The summed E-state index contributed by atoms with van der Waals surface area (Å²) >= 11 is 12.5. The maximum atomic E-state index is 12.5. The van der Waals surface area contributed by atoms with Crippen LogP contribution < -0.4 is 0 Å². The summed E-state index contributed by atoms with van der Waals surface area (Å²) in [5, 5.41) is 5.37. The van der Waals surface area contributed by atoms with Gasteiger partial charge < -0.3 is 14.3 Å². The Hall–Kier alpha value is -2.09. The zero-order valence-electron chi connectivity index (χ0n) is 18.0. The van der Waals surface area contributed by atoms with Gasteiger partial charge in [-0.1, -0.05) is 34.4 Å². The minimum Gasteiger partial charge on any atom is -0.453 e. The van der Waals surface area contributed by atoms with Crippen molar-refractivity contribution in [3.8, 4) is 0 Å². The van der Waals surface area contributed by atoms with Crippen LogP contribution in [0.3, 0.4) is 0 Å². The molecule has 4 aliphatic heterocycles. The highest BCUT2D eigenvalue weighted by molar-refractivity contribution is 6.42. The molecule has 32 heavy (non-hydrogen) atoms. The Labute approximate surface area is 196 Å². The zero-order chi connectivity index (χ0) is 22.8. The van der Waals surface area contributed by atoms with Gasteiger partial charge in [0.15, 0.2) is 6.10 Å². The minimum atomic E-state index is -1.07. The Morgan fingerprint density at radius 1 is 1.12 bits per heavy atom. The number of ether oxygens (including phenoxy) is 2. The van der Waals surface area contributed by atoms with E-state index in [-0.39, 0.29) is 17.9 Å². The second-order valence-electron chi connectivity index (χ2n) is 9.70. The van der Waals surface area contributed by atoms with Gasteiger partial charge >= 0.3 is 11.9 Å². The van der Waals surface area contributed by atoms with Crippen LogP contribution in [-0.4, -0.2) is 52.6 Å². The number of piperidine rings is 1. The normalized spacial score (nSPS) is 37.9. The van der Waals surface area contributed by atoms with Crippen molar-refractivity contribution in [2.45, 2.75) is 63.0 Å². The van der Waals surface area contributed by atoms with Gasteiger partial charge in [0.2, 0.25) is 5.72 Å². The van der Waals surface area contributed by atoms with E-state index in [4.69, 9.17) is 37.5 Å². The molecule has 0 aromatic heterocycles. The lowest BCUT2D eigenvalue weighted by Crippen LogP contribution is -2.63. The predicted molar refractivity (Wildman–Crippen MR) is 119 cm³/mol. The highest BCUT2D eigenvalue weighted by atomic mass is 35.5. The molecule has 1 aromatic carbocycles. The summed E-state index contributed by atoms with van der Waals surface area (Å²) in [7, 11) is 0. The number of hydrogen-bond donors (Lipinski definition) is 0. The number of rotatable bonds is 2. The van der Waals surface area contributed by atoms with Crippen LogP contribution in [0.1, 0.15) is 45.1 Å². The highest BCUT2D eigenvalue weighted by Gasteiger charge is 2.70. The third kappa shape index (κ3) is 3.42. The Morgan fingerprint density at radius 2 is 1.88 bits per heavy atom. The number of esters is 2. The molecule has 3 fully saturated rings. The van der Waals surface area contributed by atoms with Gasteiger partial charge in [0.05, 0.1) is 15.8 Å². The van der Waals surface area contributed by atoms with E-state index in [1.54, 1.807) is 12.1 Å². The van der Waals surface area contributed by atoms with E-state index in [1.807, 2.05) is 26.8 Å². The smallest absolute Gasteiger partial charge is 0.332 e. The molecule has 0 radical (unpaired) electrons. The standard InChI is InChI=1S/C23H24Cl2N2O5/c1-22(2,3)32-26-15-11-27-16-8-9-23(27)21(30-17(28)6-7-18(29)31-23)19(20(15)16)12-4-5-13(24)14(25)10-12/h4-7,10,16,19-21H,8-9,11H2,1-3H3/b7-6+,26-15-/t16-,19-,20-,21?,23+/m1/s1. The second kappa shape index (κ2) is 7.47. The van der Waals surface area contributed by atoms with Gasteiger partial charge in [0.1, 0.15) is 5.60 Å². The first-order valence-electron chi connectivity index (χ1n) is 10.7. The quantitative estimate of drug-likeness (QED) is 0.470. The molecule has 0 N–H and O–H groups in total. The molecule has 9 heteroatoms. The number of nitrogens with zero attached hydrogens (tertiary/aromatic N) is 2. The van der Waals surface area contributed by atoms with Crippen molar-refractivity contribution in [1.82, 2.24) is 4.90 Å². The van der Waals surface area contributed by atoms with E-state index in [1.165, 1.54) is 0 Å². The zero-order valence-corrected chi connectivity index (χ0v) is 19.5. The Balaban J connectivity index is 1.68. The summed E-state index contributed by atoms with van der Waals surface area (Å²) in [6.45, 7) is 6.27. The lowest BCUT2D eigenvalue weighted by molar-refractivity contribution is -0.227. The van der Waals surface area contributed by atoms with Crippen LogP contribution in [0.5, 0.6) is 0 Å². The SMILES string of the molecule is CC(C)(C)O/N=C1/CN2[C@@H]3CC[C@@]24OC(=O)/C=C/C(=O)OC4[C@H](c2ccc(Cl)c(Cl)c2)[C@H]13. The molecule has 0 saturated carbocycles. The van der Waals surface area contributed by atoms with Crippen molar-refractivity contribution in [3.05, 3.63) is 46.0 Å². The van der Waals surface area contributed by atoms with Crippen molar-refractivity contribution in [1.29, 1.82) is 0 Å². The fourth-order valence-corrected chi connectivity index (χ4v) is 5.82. The number of oxime groups is 1. The van der Waals surface area contributed by atoms with E-state index < -0.39 is 29.4 Å². The van der Waals surface area contributed by atoms with Crippen LogP contribution in [0.2, 0.25) is 10.0 Å². The van der Waals surface area contributed by atoms with E-state index >= 15 is 0 Å². The molecule has 4 heterocycles. The van der Waals surface area contributed by atoms with Crippen molar-refractivity contribution < 1.29 is 23.9 Å². The molecule has 1 spiro atoms. The summed E-state index contributed by atoms with van der Waals surface area (Å²) in [5.74, 6) is -1.56. The maximum absolute atomic E-state index is 12.5. The van der Waals surface area contributed by atoms with Gasteiger partial charge in [-0.25, -0.2) is 9.59 Å². The summed E-state index contributed by atoms with van der Waals surface area (Å²) < 4.78 is 12.0. The van der Waals surface area contributed by atoms with Gasteiger partial charge in [-0.15, -0.1) is 0 Å². The van der Waals surface area contributed by atoms with Crippen LogP contribution in [-0.2, 0) is 23.9 Å². The van der Waals surface area contributed by atoms with Crippen LogP contribution >= 0.6 is 23.2 Å². The predicted octanol–water partition coefficient (Wildman–Crippen LogP) is 4.08. The first-order valence-corrected chi connectivity index (χ1v) is 11.4. The molecule has 0 aliphatic carbocycles. The number of carbonyl (C=O) groups excluding carboxylic acids is 2. The summed E-state index contributed by atoms with van der Waals surface area (Å²) in [6, 6.07) is 5.48. The fourth-order valence-electron chi connectivity index (χ4n) is 5.51. The molecular weight excluding hydrogens is 455 g/mol. The van der Waals surface area contributed by atoms with Crippen LogP contribution in [0.25, 0.3) is 0 Å². The number of benzene rings is 1. The Bertz CT molecular complexity index is 1050. The van der Waals surface area contributed by atoms with Crippen LogP contribution in [0.4, 0.5) is 0 Å². The van der Waals surface area contributed by atoms with Gasteiger partial charge in [-0.2, -0.15) is 0 Å². The molecular formula is C23H24Cl2N2O5. The first kappa shape index (κ1) is 21.7.